The van der Waals surface area contributed by atoms with Gasteiger partial charge in [-0.05, 0) is 31.0 Å². The van der Waals surface area contributed by atoms with E-state index in [1.54, 1.807) is 0 Å². The molecule has 5 nitrogen and oxygen atoms in total. The summed E-state index contributed by atoms with van der Waals surface area (Å²) in [6.07, 6.45) is -2.18. The molecule has 0 heterocycles. The van der Waals surface area contributed by atoms with Crippen molar-refractivity contribution in [3.8, 4) is 0 Å². The minimum atomic E-state index is -3.85. The van der Waals surface area contributed by atoms with Crippen LogP contribution in [0.4, 0.5) is 24.5 Å². The Hall–Kier alpha value is -1.48. The lowest BCUT2D eigenvalue weighted by molar-refractivity contribution is -0.176. The number of hydrogen-bond donors (Lipinski definition) is 3. The minimum Gasteiger partial charge on any atom is -0.397 e. The van der Waals surface area contributed by atoms with Gasteiger partial charge in [-0.2, -0.15) is 0 Å². The Morgan fingerprint density at radius 2 is 2.09 bits per heavy atom. The lowest BCUT2D eigenvalue weighted by Gasteiger charge is -2.30. The average molecular weight is 338 g/mol. The van der Waals surface area contributed by atoms with Crippen LogP contribution < -0.4 is 11.1 Å². The Morgan fingerprint density at radius 3 is 2.55 bits per heavy atom. The molecule has 1 fully saturated rings. The first-order chi connectivity index (χ1) is 9.97. The second-order valence-corrected chi connectivity index (χ2v) is 7.55. The van der Waals surface area contributed by atoms with Gasteiger partial charge in [0.1, 0.15) is 5.60 Å². The van der Waals surface area contributed by atoms with Crippen molar-refractivity contribution in [1.29, 1.82) is 0 Å². The van der Waals surface area contributed by atoms with Crippen LogP contribution in [0, 0.1) is 0 Å². The summed E-state index contributed by atoms with van der Waals surface area (Å²) >= 11 is 0. The van der Waals surface area contributed by atoms with Crippen molar-refractivity contribution in [2.75, 3.05) is 23.9 Å². The van der Waals surface area contributed by atoms with Gasteiger partial charge in [0.05, 0.1) is 16.3 Å². The minimum absolute atomic E-state index is 0.00993. The van der Waals surface area contributed by atoms with Crippen molar-refractivity contribution in [2.45, 2.75) is 35.4 Å². The van der Waals surface area contributed by atoms with Crippen LogP contribution >= 0.6 is 0 Å². The third kappa shape index (κ3) is 2.87. The highest BCUT2D eigenvalue weighted by Crippen LogP contribution is 2.45. The molecule has 2 rings (SSSR count). The number of sulfone groups is 1. The van der Waals surface area contributed by atoms with Crippen molar-refractivity contribution in [3.63, 3.8) is 0 Å². The first-order valence-electron chi connectivity index (χ1n) is 6.55. The molecule has 0 spiro atoms. The summed E-state index contributed by atoms with van der Waals surface area (Å²) in [5, 5.41) is 12.5. The van der Waals surface area contributed by atoms with Gasteiger partial charge in [-0.25, -0.2) is 21.6 Å². The van der Waals surface area contributed by atoms with Crippen molar-refractivity contribution in [3.05, 3.63) is 18.2 Å². The van der Waals surface area contributed by atoms with E-state index in [2.05, 4.69) is 5.32 Å². The van der Waals surface area contributed by atoms with Crippen LogP contribution in [-0.4, -0.2) is 44.0 Å². The molecule has 1 aliphatic rings. The first kappa shape index (κ1) is 16.9. The zero-order valence-corrected chi connectivity index (χ0v) is 12.6. The van der Waals surface area contributed by atoms with E-state index in [1.807, 2.05) is 0 Å². The van der Waals surface area contributed by atoms with Gasteiger partial charge in [-0.1, -0.05) is 0 Å². The van der Waals surface area contributed by atoms with Gasteiger partial charge in [-0.15, -0.1) is 0 Å². The molecule has 1 saturated carbocycles. The van der Waals surface area contributed by atoms with E-state index in [4.69, 9.17) is 5.73 Å². The molecule has 0 aliphatic heterocycles. The Labute approximate surface area is 126 Å². The Balaban J connectivity index is 2.16. The van der Waals surface area contributed by atoms with E-state index >= 15 is 0 Å². The molecule has 0 radical (unpaired) electrons. The van der Waals surface area contributed by atoms with E-state index in [-0.39, 0.29) is 22.7 Å². The van der Waals surface area contributed by atoms with Crippen molar-refractivity contribution in [2.24, 2.45) is 0 Å². The summed E-state index contributed by atoms with van der Waals surface area (Å²) in [7, 11) is -3.44. The molecule has 2 unspecified atom stereocenters. The van der Waals surface area contributed by atoms with Crippen molar-refractivity contribution in [1.82, 2.24) is 0 Å². The lowest BCUT2D eigenvalue weighted by Crippen LogP contribution is -2.52. The second kappa shape index (κ2) is 5.31. The normalized spacial score (nSPS) is 27.8. The van der Waals surface area contributed by atoms with Crippen LogP contribution in [0.3, 0.4) is 0 Å². The van der Waals surface area contributed by atoms with Gasteiger partial charge in [0.25, 0.3) is 0 Å². The van der Waals surface area contributed by atoms with E-state index in [0.717, 1.165) is 6.26 Å². The summed E-state index contributed by atoms with van der Waals surface area (Å²) in [5.74, 6) is -3.85. The van der Waals surface area contributed by atoms with Crippen LogP contribution in [-0.2, 0) is 9.84 Å². The molecule has 4 N–H and O–H groups in total. The number of aliphatic hydroxyl groups is 1. The van der Waals surface area contributed by atoms with Crippen LogP contribution in [0.25, 0.3) is 0 Å². The standard InChI is InChI=1S/C13H17F3N2O3S/c1-22(20,21)8-2-3-10(9(17)6-8)18-7-12(19)5-4-11(14)13(12,15)16/h2-3,6,11,18-19H,4-5,7,17H2,1H3. The number of halogens is 3. The second-order valence-electron chi connectivity index (χ2n) is 5.54. The Bertz CT molecular complexity index is 681. The molecule has 0 saturated heterocycles. The molecule has 1 aromatic carbocycles. The highest BCUT2D eigenvalue weighted by Gasteiger charge is 2.63. The highest BCUT2D eigenvalue weighted by atomic mass is 32.2. The van der Waals surface area contributed by atoms with Crippen LogP contribution in [0.15, 0.2) is 23.1 Å². The molecule has 1 aliphatic carbocycles. The van der Waals surface area contributed by atoms with E-state index < -0.39 is 40.5 Å². The number of nitrogens with two attached hydrogens (primary N) is 1. The number of nitrogens with one attached hydrogen (secondary N) is 1. The zero-order valence-electron chi connectivity index (χ0n) is 11.8. The summed E-state index contributed by atoms with van der Waals surface area (Å²) in [6, 6.07) is 3.77. The Kier molecular flexibility index (Phi) is 4.07. The highest BCUT2D eigenvalue weighted by molar-refractivity contribution is 7.90. The van der Waals surface area contributed by atoms with E-state index in [0.29, 0.717) is 0 Å². The fourth-order valence-corrected chi connectivity index (χ4v) is 3.04. The van der Waals surface area contributed by atoms with Crippen LogP contribution in [0.1, 0.15) is 12.8 Å². The molecule has 2 atom stereocenters. The summed E-state index contributed by atoms with van der Waals surface area (Å²) in [5.41, 5.74) is 3.39. The van der Waals surface area contributed by atoms with Gasteiger partial charge < -0.3 is 16.2 Å². The molecular formula is C13H17F3N2O3S. The largest absolute Gasteiger partial charge is 0.397 e. The van der Waals surface area contributed by atoms with Gasteiger partial charge in [0.2, 0.25) is 0 Å². The molecule has 0 aromatic heterocycles. The van der Waals surface area contributed by atoms with Gasteiger partial charge in [-0.3, -0.25) is 0 Å². The van der Waals surface area contributed by atoms with Gasteiger partial charge >= 0.3 is 5.92 Å². The molecule has 0 amide bonds. The third-order valence-corrected chi connectivity index (χ3v) is 4.96. The van der Waals surface area contributed by atoms with Crippen molar-refractivity contribution < 1.29 is 26.7 Å². The maximum atomic E-state index is 13.6. The van der Waals surface area contributed by atoms with Crippen molar-refractivity contribution >= 4 is 21.2 Å². The predicted molar refractivity (Wildman–Crippen MR) is 76.5 cm³/mol. The molecule has 22 heavy (non-hydrogen) atoms. The fraction of sp³-hybridized carbons (Fsp3) is 0.538. The predicted octanol–water partition coefficient (Wildman–Crippen LogP) is 1.58. The van der Waals surface area contributed by atoms with E-state index in [9.17, 15) is 26.7 Å². The molecule has 124 valence electrons. The number of hydrogen-bond acceptors (Lipinski definition) is 5. The molecule has 9 heteroatoms. The fourth-order valence-electron chi connectivity index (χ4n) is 2.39. The quantitative estimate of drug-likeness (QED) is 0.725. The summed E-state index contributed by atoms with van der Waals surface area (Å²) in [6.45, 7) is -0.594. The average Bonchev–Trinajstić information content (AvgIpc) is 2.60. The molecule has 0 bridgehead atoms. The van der Waals surface area contributed by atoms with Crippen LogP contribution in [0.5, 0.6) is 0 Å². The molecular weight excluding hydrogens is 321 g/mol. The summed E-state index contributed by atoms with van der Waals surface area (Å²) < 4.78 is 63.2. The maximum Gasteiger partial charge on any atom is 0.308 e. The molecule has 1 aromatic rings. The van der Waals surface area contributed by atoms with Crippen LogP contribution in [0.2, 0.25) is 0 Å². The monoisotopic (exact) mass is 338 g/mol. The number of alkyl halides is 3. The number of anilines is 2. The maximum absolute atomic E-state index is 13.6. The SMILES string of the molecule is CS(=O)(=O)c1ccc(NCC2(O)CCC(F)C2(F)F)c(N)c1. The number of nitrogen functional groups attached to an aromatic ring is 1. The number of benzene rings is 1. The third-order valence-electron chi connectivity index (χ3n) is 3.85. The van der Waals surface area contributed by atoms with E-state index in [1.165, 1.54) is 18.2 Å². The summed E-state index contributed by atoms with van der Waals surface area (Å²) in [4.78, 5) is -0.00993. The topological polar surface area (TPSA) is 92.4 Å². The zero-order chi connectivity index (χ0) is 16.8. The number of rotatable bonds is 4. The Morgan fingerprint density at radius 1 is 1.45 bits per heavy atom. The van der Waals surface area contributed by atoms with Gasteiger partial charge in [0, 0.05) is 12.8 Å². The van der Waals surface area contributed by atoms with Gasteiger partial charge in [0.15, 0.2) is 16.0 Å². The lowest BCUT2D eigenvalue weighted by atomic mass is 9.98. The smallest absolute Gasteiger partial charge is 0.308 e. The first-order valence-corrected chi connectivity index (χ1v) is 8.44.